The molecule has 0 N–H and O–H groups in total. The van der Waals surface area contributed by atoms with Gasteiger partial charge in [0.05, 0.1) is 10.7 Å². The second kappa shape index (κ2) is 8.33. The molecule has 1 aromatic heterocycles. The number of hydrogen-bond acceptors (Lipinski definition) is 4. The third-order valence-electron chi connectivity index (χ3n) is 5.04. The predicted octanol–water partition coefficient (Wildman–Crippen LogP) is 4.99. The molecule has 0 aliphatic carbocycles. The normalized spacial score (nSPS) is 14.4. The van der Waals surface area contributed by atoms with Gasteiger partial charge in [-0.25, -0.2) is 4.98 Å². The van der Waals surface area contributed by atoms with Crippen LogP contribution in [0.2, 0.25) is 5.02 Å². The summed E-state index contributed by atoms with van der Waals surface area (Å²) in [6.07, 6.45) is 0.948. The lowest BCUT2D eigenvalue weighted by Gasteiger charge is -2.36. The van der Waals surface area contributed by atoms with Gasteiger partial charge in [0.15, 0.2) is 0 Å². The van der Waals surface area contributed by atoms with Gasteiger partial charge < -0.3 is 9.80 Å². The Morgan fingerprint density at radius 3 is 2.32 bits per heavy atom. The summed E-state index contributed by atoms with van der Waals surface area (Å²) in [5.74, 6) is 0.0924. The molecule has 0 atom stereocenters. The summed E-state index contributed by atoms with van der Waals surface area (Å²) in [5.41, 5.74) is 3.92. The van der Waals surface area contributed by atoms with E-state index in [1.807, 2.05) is 53.4 Å². The van der Waals surface area contributed by atoms with Crippen LogP contribution in [0.4, 0.5) is 5.69 Å². The largest absolute Gasteiger partial charge is 0.368 e. The van der Waals surface area contributed by atoms with E-state index in [1.54, 1.807) is 11.3 Å². The van der Waals surface area contributed by atoms with Crippen LogP contribution in [-0.2, 0) is 6.42 Å². The van der Waals surface area contributed by atoms with Crippen LogP contribution >= 0.6 is 22.9 Å². The van der Waals surface area contributed by atoms with Crippen LogP contribution in [0, 0.1) is 0 Å². The third kappa shape index (κ3) is 4.05. The maximum atomic E-state index is 12.9. The molecule has 1 aliphatic rings. The number of anilines is 1. The van der Waals surface area contributed by atoms with Crippen LogP contribution in [0.25, 0.3) is 11.3 Å². The second-order valence-electron chi connectivity index (χ2n) is 6.81. The Balaban J connectivity index is 1.39. The highest BCUT2D eigenvalue weighted by Crippen LogP contribution is 2.24. The first-order chi connectivity index (χ1) is 13.6. The number of aromatic nitrogens is 1. The van der Waals surface area contributed by atoms with Crippen molar-refractivity contribution in [2.75, 3.05) is 31.1 Å². The van der Waals surface area contributed by atoms with Gasteiger partial charge in [0, 0.05) is 53.4 Å². The summed E-state index contributed by atoms with van der Waals surface area (Å²) in [7, 11) is 0. The number of benzene rings is 2. The van der Waals surface area contributed by atoms with Gasteiger partial charge in [-0.05, 0) is 42.8 Å². The number of hydrogen-bond donors (Lipinski definition) is 0. The van der Waals surface area contributed by atoms with E-state index in [-0.39, 0.29) is 5.91 Å². The summed E-state index contributed by atoms with van der Waals surface area (Å²) >= 11 is 7.65. The number of aryl methyl sites for hydroxylation is 1. The van der Waals surface area contributed by atoms with E-state index in [1.165, 1.54) is 0 Å². The molecule has 0 unspecified atom stereocenters. The highest BCUT2D eigenvalue weighted by atomic mass is 35.5. The van der Waals surface area contributed by atoms with Crippen LogP contribution < -0.4 is 4.90 Å². The minimum absolute atomic E-state index is 0.0924. The van der Waals surface area contributed by atoms with Gasteiger partial charge in [0.1, 0.15) is 0 Å². The van der Waals surface area contributed by atoms with Crippen molar-refractivity contribution in [2.45, 2.75) is 13.3 Å². The number of halogens is 1. The lowest BCUT2D eigenvalue weighted by Crippen LogP contribution is -2.48. The van der Waals surface area contributed by atoms with Crippen LogP contribution in [0.1, 0.15) is 22.3 Å². The van der Waals surface area contributed by atoms with E-state index in [0.717, 1.165) is 65.1 Å². The molecule has 3 aromatic rings. The highest BCUT2D eigenvalue weighted by molar-refractivity contribution is 7.09. The fourth-order valence-electron chi connectivity index (χ4n) is 3.39. The van der Waals surface area contributed by atoms with Crippen molar-refractivity contribution < 1.29 is 4.79 Å². The molecule has 1 saturated heterocycles. The maximum Gasteiger partial charge on any atom is 0.253 e. The van der Waals surface area contributed by atoms with Crippen molar-refractivity contribution in [3.63, 3.8) is 0 Å². The maximum absolute atomic E-state index is 12.9. The molecule has 0 radical (unpaired) electrons. The Labute approximate surface area is 174 Å². The first kappa shape index (κ1) is 19.0. The Bertz CT molecular complexity index is 945. The first-order valence-electron chi connectivity index (χ1n) is 9.48. The van der Waals surface area contributed by atoms with Crippen molar-refractivity contribution in [1.29, 1.82) is 0 Å². The van der Waals surface area contributed by atoms with Gasteiger partial charge in [-0.2, -0.15) is 0 Å². The molecule has 0 saturated carbocycles. The summed E-state index contributed by atoms with van der Waals surface area (Å²) in [4.78, 5) is 21.7. The number of nitrogens with zero attached hydrogens (tertiary/aromatic N) is 3. The molecular formula is C22H22ClN3OS. The van der Waals surface area contributed by atoms with Gasteiger partial charge in [0.2, 0.25) is 0 Å². The summed E-state index contributed by atoms with van der Waals surface area (Å²) in [6, 6.07) is 15.7. The van der Waals surface area contributed by atoms with Gasteiger partial charge in [-0.1, -0.05) is 30.7 Å². The Kier molecular flexibility index (Phi) is 5.64. The standard InChI is InChI=1S/C22H22ClN3OS/c1-2-21-24-20(15-28-21)16-3-5-17(6-4-16)22(27)26-13-11-25(12-14-26)19-9-7-18(23)8-10-19/h3-10,15H,2,11-14H2,1H3. The minimum Gasteiger partial charge on any atom is -0.368 e. The van der Waals surface area contributed by atoms with Crippen molar-refractivity contribution in [1.82, 2.24) is 9.88 Å². The van der Waals surface area contributed by atoms with Gasteiger partial charge in [-0.3, -0.25) is 4.79 Å². The van der Waals surface area contributed by atoms with Crippen LogP contribution in [0.3, 0.4) is 0 Å². The second-order valence-corrected chi connectivity index (χ2v) is 8.19. The van der Waals surface area contributed by atoms with E-state index in [0.29, 0.717) is 0 Å². The number of amides is 1. The van der Waals surface area contributed by atoms with Crippen LogP contribution in [0.15, 0.2) is 53.9 Å². The highest BCUT2D eigenvalue weighted by Gasteiger charge is 2.22. The van der Waals surface area contributed by atoms with E-state index < -0.39 is 0 Å². The molecule has 6 heteroatoms. The zero-order valence-corrected chi connectivity index (χ0v) is 17.3. The number of carbonyl (C=O) groups is 1. The number of carbonyl (C=O) groups excluding carboxylic acids is 1. The molecule has 28 heavy (non-hydrogen) atoms. The Morgan fingerprint density at radius 2 is 1.71 bits per heavy atom. The van der Waals surface area contributed by atoms with E-state index in [4.69, 9.17) is 11.6 Å². The summed E-state index contributed by atoms with van der Waals surface area (Å²) in [5, 5.41) is 3.95. The Hall–Kier alpha value is -2.37. The van der Waals surface area contributed by atoms with Gasteiger partial charge in [0.25, 0.3) is 5.91 Å². The average Bonchev–Trinajstić information content (AvgIpc) is 3.23. The quantitative estimate of drug-likeness (QED) is 0.606. The molecule has 144 valence electrons. The predicted molar refractivity (Wildman–Crippen MR) is 116 cm³/mol. The smallest absolute Gasteiger partial charge is 0.253 e. The molecular weight excluding hydrogens is 390 g/mol. The van der Waals surface area contributed by atoms with Crippen molar-refractivity contribution in [3.05, 3.63) is 69.5 Å². The SMILES string of the molecule is CCc1nc(-c2ccc(C(=O)N3CCN(c4ccc(Cl)cc4)CC3)cc2)cs1. The van der Waals surface area contributed by atoms with E-state index in [2.05, 4.69) is 22.2 Å². The van der Waals surface area contributed by atoms with Gasteiger partial charge in [-0.15, -0.1) is 11.3 Å². The Morgan fingerprint density at radius 1 is 1.04 bits per heavy atom. The number of thiazole rings is 1. The molecule has 1 amide bonds. The fraction of sp³-hybridized carbons (Fsp3) is 0.273. The zero-order chi connectivity index (χ0) is 19.5. The van der Waals surface area contributed by atoms with Crippen molar-refractivity contribution >= 4 is 34.5 Å². The molecule has 2 aromatic carbocycles. The number of rotatable bonds is 4. The molecule has 4 rings (SSSR count). The van der Waals surface area contributed by atoms with Crippen molar-refractivity contribution in [3.8, 4) is 11.3 Å². The molecule has 4 nitrogen and oxygen atoms in total. The molecule has 2 heterocycles. The van der Waals surface area contributed by atoms with Crippen LogP contribution in [-0.4, -0.2) is 42.0 Å². The molecule has 0 spiro atoms. The molecule has 1 fully saturated rings. The van der Waals surface area contributed by atoms with E-state index in [9.17, 15) is 4.79 Å². The lowest BCUT2D eigenvalue weighted by molar-refractivity contribution is 0.0747. The monoisotopic (exact) mass is 411 g/mol. The molecule has 0 bridgehead atoms. The van der Waals surface area contributed by atoms with Gasteiger partial charge >= 0.3 is 0 Å². The van der Waals surface area contributed by atoms with Crippen LogP contribution in [0.5, 0.6) is 0 Å². The third-order valence-corrected chi connectivity index (χ3v) is 6.29. The summed E-state index contributed by atoms with van der Waals surface area (Å²) in [6.45, 7) is 5.19. The molecule has 1 aliphatic heterocycles. The fourth-order valence-corrected chi connectivity index (χ4v) is 4.27. The average molecular weight is 412 g/mol. The van der Waals surface area contributed by atoms with Crippen molar-refractivity contribution in [2.24, 2.45) is 0 Å². The topological polar surface area (TPSA) is 36.4 Å². The zero-order valence-electron chi connectivity index (χ0n) is 15.8. The summed E-state index contributed by atoms with van der Waals surface area (Å²) < 4.78 is 0. The minimum atomic E-state index is 0.0924. The number of piperazine rings is 1. The van der Waals surface area contributed by atoms with E-state index >= 15 is 0 Å². The first-order valence-corrected chi connectivity index (χ1v) is 10.7. The lowest BCUT2D eigenvalue weighted by atomic mass is 10.1.